The Kier molecular flexibility index (Phi) is 7.82. The predicted molar refractivity (Wildman–Crippen MR) is 97.9 cm³/mol. The van der Waals surface area contributed by atoms with E-state index < -0.39 is 0 Å². The molecule has 1 saturated heterocycles. The highest BCUT2D eigenvalue weighted by Gasteiger charge is 2.22. The van der Waals surface area contributed by atoms with Crippen molar-refractivity contribution in [2.24, 2.45) is 5.92 Å². The van der Waals surface area contributed by atoms with Gasteiger partial charge in [0.05, 0.1) is 19.8 Å². The van der Waals surface area contributed by atoms with E-state index in [1.54, 1.807) is 11.3 Å². The third kappa shape index (κ3) is 6.79. The number of carbonyl (C=O) groups excluding carboxylic acids is 1. The molecule has 2 heterocycles. The molecule has 0 saturated carbocycles. The molecule has 7 heteroatoms. The standard InChI is InChI=1S/C16H26BrN3O2S/c1-12(2)7-14(20-3-5-22-6-4-20)9-18-16(21)19-10-15-8-13(17)11-23-15/h8,11-12,14H,3-7,9-10H2,1-2H3,(H2,18,19,21). The van der Waals surface area contributed by atoms with E-state index in [-0.39, 0.29) is 6.03 Å². The zero-order chi connectivity index (χ0) is 16.7. The Hall–Kier alpha value is -0.630. The Morgan fingerprint density at radius 2 is 2.13 bits per heavy atom. The van der Waals surface area contributed by atoms with Crippen molar-refractivity contribution in [1.82, 2.24) is 15.5 Å². The van der Waals surface area contributed by atoms with Crippen LogP contribution in [0.4, 0.5) is 4.79 Å². The van der Waals surface area contributed by atoms with Crippen molar-refractivity contribution in [3.63, 3.8) is 0 Å². The number of rotatable bonds is 7. The highest BCUT2D eigenvalue weighted by Crippen LogP contribution is 2.19. The Morgan fingerprint density at radius 1 is 1.39 bits per heavy atom. The molecular formula is C16H26BrN3O2S. The first-order chi connectivity index (χ1) is 11.0. The lowest BCUT2D eigenvalue weighted by Crippen LogP contribution is -2.50. The molecule has 0 spiro atoms. The maximum absolute atomic E-state index is 12.0. The fourth-order valence-corrected chi connectivity index (χ4v) is 4.13. The molecule has 0 bridgehead atoms. The second-order valence-corrected chi connectivity index (χ2v) is 8.14. The molecule has 1 unspecified atom stereocenters. The molecule has 2 rings (SSSR count). The summed E-state index contributed by atoms with van der Waals surface area (Å²) in [7, 11) is 0. The summed E-state index contributed by atoms with van der Waals surface area (Å²) in [5, 5.41) is 7.96. The number of ether oxygens (including phenoxy) is 1. The summed E-state index contributed by atoms with van der Waals surface area (Å²) in [5.41, 5.74) is 0. The molecule has 1 aliphatic heterocycles. The summed E-state index contributed by atoms with van der Waals surface area (Å²) < 4.78 is 6.49. The lowest BCUT2D eigenvalue weighted by atomic mass is 10.0. The zero-order valence-electron chi connectivity index (χ0n) is 13.8. The van der Waals surface area contributed by atoms with E-state index in [0.717, 1.165) is 42.1 Å². The van der Waals surface area contributed by atoms with Gasteiger partial charge in [0.1, 0.15) is 0 Å². The maximum atomic E-state index is 12.0. The van der Waals surface area contributed by atoms with Crippen LogP contribution < -0.4 is 10.6 Å². The van der Waals surface area contributed by atoms with E-state index in [2.05, 4.69) is 45.3 Å². The van der Waals surface area contributed by atoms with Gasteiger partial charge in [0, 0.05) is 40.4 Å². The van der Waals surface area contributed by atoms with Gasteiger partial charge in [-0.15, -0.1) is 11.3 Å². The largest absolute Gasteiger partial charge is 0.379 e. The van der Waals surface area contributed by atoms with E-state index in [4.69, 9.17) is 4.74 Å². The van der Waals surface area contributed by atoms with Crippen LogP contribution in [0.5, 0.6) is 0 Å². The molecular weight excluding hydrogens is 378 g/mol. The molecule has 1 aliphatic rings. The smallest absolute Gasteiger partial charge is 0.315 e. The van der Waals surface area contributed by atoms with Crippen molar-refractivity contribution < 1.29 is 9.53 Å². The number of morpholine rings is 1. The minimum Gasteiger partial charge on any atom is -0.379 e. The number of carbonyl (C=O) groups is 1. The van der Waals surface area contributed by atoms with Gasteiger partial charge in [-0.1, -0.05) is 13.8 Å². The molecule has 2 amide bonds. The first-order valence-electron chi connectivity index (χ1n) is 8.11. The SMILES string of the molecule is CC(C)CC(CNC(=O)NCc1cc(Br)cs1)N1CCOCC1. The summed E-state index contributed by atoms with van der Waals surface area (Å²) in [6, 6.07) is 2.30. The Bertz CT molecular complexity index is 489. The third-order valence-corrected chi connectivity index (χ3v) is 5.55. The molecule has 0 aliphatic carbocycles. The van der Waals surface area contributed by atoms with E-state index in [1.165, 1.54) is 0 Å². The third-order valence-electron chi connectivity index (χ3n) is 3.85. The van der Waals surface area contributed by atoms with E-state index >= 15 is 0 Å². The second kappa shape index (κ2) is 9.61. The minimum absolute atomic E-state index is 0.100. The number of thiophene rings is 1. The quantitative estimate of drug-likeness (QED) is 0.735. The van der Waals surface area contributed by atoms with Gasteiger partial charge >= 0.3 is 6.03 Å². The number of nitrogens with one attached hydrogen (secondary N) is 2. The van der Waals surface area contributed by atoms with Gasteiger partial charge in [0.25, 0.3) is 0 Å². The highest BCUT2D eigenvalue weighted by atomic mass is 79.9. The average Bonchev–Trinajstić information content (AvgIpc) is 2.95. The summed E-state index contributed by atoms with van der Waals surface area (Å²) in [6.07, 6.45) is 1.08. The maximum Gasteiger partial charge on any atom is 0.315 e. The number of amides is 2. The first kappa shape index (κ1) is 18.7. The van der Waals surface area contributed by atoms with Gasteiger partial charge in [0.2, 0.25) is 0 Å². The van der Waals surface area contributed by atoms with E-state index in [0.29, 0.717) is 25.0 Å². The molecule has 1 fully saturated rings. The molecule has 23 heavy (non-hydrogen) atoms. The number of halogens is 1. The van der Waals surface area contributed by atoms with Crippen LogP contribution >= 0.6 is 27.3 Å². The molecule has 130 valence electrons. The fraction of sp³-hybridized carbons (Fsp3) is 0.688. The van der Waals surface area contributed by atoms with Gasteiger partial charge in [-0.3, -0.25) is 4.90 Å². The van der Waals surface area contributed by atoms with Crippen LogP contribution in [0.15, 0.2) is 15.9 Å². The molecule has 1 aromatic heterocycles. The van der Waals surface area contributed by atoms with Crippen LogP contribution in [0.25, 0.3) is 0 Å². The van der Waals surface area contributed by atoms with Crippen molar-refractivity contribution in [3.8, 4) is 0 Å². The van der Waals surface area contributed by atoms with Crippen LogP contribution in [0.3, 0.4) is 0 Å². The van der Waals surface area contributed by atoms with Crippen molar-refractivity contribution in [1.29, 1.82) is 0 Å². The second-order valence-electron chi connectivity index (χ2n) is 6.23. The fourth-order valence-electron chi connectivity index (χ4n) is 2.74. The van der Waals surface area contributed by atoms with E-state index in [9.17, 15) is 4.79 Å². The number of hydrogen-bond donors (Lipinski definition) is 2. The van der Waals surface area contributed by atoms with E-state index in [1.807, 2.05) is 11.4 Å². The van der Waals surface area contributed by atoms with Crippen LogP contribution in [0.2, 0.25) is 0 Å². The number of hydrogen-bond acceptors (Lipinski definition) is 4. The Morgan fingerprint density at radius 3 is 2.74 bits per heavy atom. The minimum atomic E-state index is -0.100. The molecule has 1 atom stereocenters. The average molecular weight is 404 g/mol. The summed E-state index contributed by atoms with van der Waals surface area (Å²) >= 11 is 5.06. The molecule has 0 radical (unpaired) electrons. The van der Waals surface area contributed by atoms with Gasteiger partial charge in [-0.05, 0) is 34.3 Å². The molecule has 2 N–H and O–H groups in total. The van der Waals surface area contributed by atoms with Gasteiger partial charge in [-0.2, -0.15) is 0 Å². The normalized spacial score (nSPS) is 17.2. The van der Waals surface area contributed by atoms with Crippen molar-refractivity contribution in [3.05, 3.63) is 20.8 Å². The molecule has 0 aromatic carbocycles. The van der Waals surface area contributed by atoms with Crippen LogP contribution in [0, 0.1) is 5.92 Å². The first-order valence-corrected chi connectivity index (χ1v) is 9.78. The monoisotopic (exact) mass is 403 g/mol. The Balaban J connectivity index is 1.76. The number of urea groups is 1. The predicted octanol–water partition coefficient (Wildman–Crippen LogP) is 3.06. The summed E-state index contributed by atoms with van der Waals surface area (Å²) in [4.78, 5) is 15.6. The van der Waals surface area contributed by atoms with Crippen LogP contribution in [0.1, 0.15) is 25.1 Å². The van der Waals surface area contributed by atoms with Gasteiger partial charge in [-0.25, -0.2) is 4.79 Å². The topological polar surface area (TPSA) is 53.6 Å². The number of nitrogens with zero attached hydrogens (tertiary/aromatic N) is 1. The van der Waals surface area contributed by atoms with Crippen molar-refractivity contribution >= 4 is 33.3 Å². The lowest BCUT2D eigenvalue weighted by Gasteiger charge is -2.35. The highest BCUT2D eigenvalue weighted by molar-refractivity contribution is 9.10. The van der Waals surface area contributed by atoms with Crippen LogP contribution in [-0.4, -0.2) is 49.8 Å². The van der Waals surface area contributed by atoms with Crippen molar-refractivity contribution in [2.75, 3.05) is 32.8 Å². The summed E-state index contributed by atoms with van der Waals surface area (Å²) in [6.45, 7) is 9.16. The lowest BCUT2D eigenvalue weighted by molar-refractivity contribution is 0.0129. The zero-order valence-corrected chi connectivity index (χ0v) is 16.2. The molecule has 5 nitrogen and oxygen atoms in total. The van der Waals surface area contributed by atoms with Gasteiger partial charge < -0.3 is 15.4 Å². The Labute approximate surface area is 150 Å². The van der Waals surface area contributed by atoms with Gasteiger partial charge in [0.15, 0.2) is 0 Å². The molecule has 1 aromatic rings. The summed E-state index contributed by atoms with van der Waals surface area (Å²) in [5.74, 6) is 0.608. The van der Waals surface area contributed by atoms with Crippen molar-refractivity contribution in [2.45, 2.75) is 32.9 Å². The van der Waals surface area contributed by atoms with Crippen LogP contribution in [-0.2, 0) is 11.3 Å².